The van der Waals surface area contributed by atoms with Crippen LogP contribution in [0.5, 0.6) is 0 Å². The van der Waals surface area contributed by atoms with Crippen molar-refractivity contribution < 1.29 is 14.4 Å². The lowest BCUT2D eigenvalue weighted by molar-refractivity contribution is -0.140. The molecule has 0 unspecified atom stereocenters. The Labute approximate surface area is 225 Å². The van der Waals surface area contributed by atoms with E-state index >= 15 is 0 Å². The van der Waals surface area contributed by atoms with Gasteiger partial charge in [-0.15, -0.1) is 23.2 Å². The van der Waals surface area contributed by atoms with E-state index in [-0.39, 0.29) is 24.3 Å². The molecule has 1 N–H and O–H groups in total. The van der Waals surface area contributed by atoms with Gasteiger partial charge in [-0.3, -0.25) is 19.3 Å². The summed E-state index contributed by atoms with van der Waals surface area (Å²) in [5, 5.41) is 2.88. The van der Waals surface area contributed by atoms with Crippen LogP contribution in [0.3, 0.4) is 0 Å². The molecular formula is C30H26Cl2N2O3. The molecule has 7 rings (SSSR count). The van der Waals surface area contributed by atoms with Crippen molar-refractivity contribution in [2.24, 2.45) is 11.8 Å². The molecule has 0 spiro atoms. The molecule has 0 radical (unpaired) electrons. The number of likely N-dealkylation sites (tertiary alicyclic amines) is 1. The van der Waals surface area contributed by atoms with E-state index in [1.54, 1.807) is 0 Å². The predicted octanol–water partition coefficient (Wildman–Crippen LogP) is 5.78. The largest absolute Gasteiger partial charge is 0.326 e. The molecular weight excluding hydrogens is 507 g/mol. The van der Waals surface area contributed by atoms with E-state index in [1.807, 2.05) is 78.9 Å². The summed E-state index contributed by atoms with van der Waals surface area (Å²) in [6.07, 6.45) is 2.37. The third-order valence-electron chi connectivity index (χ3n) is 8.02. The van der Waals surface area contributed by atoms with Crippen LogP contribution in [-0.2, 0) is 24.1 Å². The standard InChI is InChI=1S/C30H26Cl2N2O3/c31-29-20-13-6-7-14-21(20)30(32,23-16-9-8-15-22(23)29)26-25(29)27(36)34(28(26)37)18-10-2-5-17-24(35)33-19-11-3-1-4-12-19/h1,3-4,6-9,11-16,25-26H,2,5,10,17-18H2,(H,33,35)/t25-,26-,29?,30?/m1/s1. The first-order valence-electron chi connectivity index (χ1n) is 12.7. The molecule has 1 fully saturated rings. The van der Waals surface area contributed by atoms with Crippen LogP contribution in [-0.4, -0.2) is 29.2 Å². The van der Waals surface area contributed by atoms with Crippen molar-refractivity contribution >= 4 is 46.6 Å². The fourth-order valence-corrected chi connectivity index (χ4v) is 7.52. The molecule has 0 saturated carbocycles. The molecule has 1 aliphatic heterocycles. The number of unbranched alkanes of at least 4 members (excludes halogenated alkanes) is 2. The van der Waals surface area contributed by atoms with Crippen LogP contribution in [0.15, 0.2) is 78.9 Å². The van der Waals surface area contributed by atoms with Crippen molar-refractivity contribution in [3.05, 3.63) is 101 Å². The second kappa shape index (κ2) is 9.00. The maximum Gasteiger partial charge on any atom is 0.235 e. The van der Waals surface area contributed by atoms with Gasteiger partial charge in [-0.2, -0.15) is 0 Å². The summed E-state index contributed by atoms with van der Waals surface area (Å²) < 4.78 is 0. The van der Waals surface area contributed by atoms with Crippen LogP contribution < -0.4 is 5.32 Å². The fourth-order valence-electron chi connectivity index (χ4n) is 6.42. The van der Waals surface area contributed by atoms with E-state index in [4.69, 9.17) is 23.2 Å². The SMILES string of the molecule is O=C(CCCCCN1C(=O)[C@H]2[C@H](C1=O)C1(Cl)c3ccccc3C2(Cl)c2ccccc21)Nc1ccccc1. The normalized spacial score (nSPS) is 27.0. The molecule has 0 aromatic heterocycles. The molecule has 4 aliphatic rings. The zero-order valence-electron chi connectivity index (χ0n) is 20.1. The number of hydrogen-bond acceptors (Lipinski definition) is 3. The van der Waals surface area contributed by atoms with Crippen LogP contribution in [0.25, 0.3) is 0 Å². The third-order valence-corrected chi connectivity index (χ3v) is 9.30. The lowest BCUT2D eigenvalue weighted by Crippen LogP contribution is -2.57. The average Bonchev–Trinajstić information content (AvgIpc) is 3.18. The summed E-state index contributed by atoms with van der Waals surface area (Å²) in [6, 6.07) is 24.6. The summed E-state index contributed by atoms with van der Waals surface area (Å²) in [6.45, 7) is 0.289. The predicted molar refractivity (Wildman–Crippen MR) is 143 cm³/mol. The lowest BCUT2D eigenvalue weighted by atomic mass is 9.54. The maximum atomic E-state index is 13.8. The Morgan fingerprint density at radius 2 is 1.16 bits per heavy atom. The molecule has 1 saturated heterocycles. The van der Waals surface area contributed by atoms with Gasteiger partial charge >= 0.3 is 0 Å². The minimum absolute atomic E-state index is 0.0502. The minimum Gasteiger partial charge on any atom is -0.326 e. The molecule has 2 bridgehead atoms. The van der Waals surface area contributed by atoms with Gasteiger partial charge in [0.2, 0.25) is 17.7 Å². The number of alkyl halides is 2. The van der Waals surface area contributed by atoms with Gasteiger partial charge in [-0.05, 0) is 47.2 Å². The number of halogens is 2. The second-order valence-electron chi connectivity index (χ2n) is 10.0. The molecule has 3 aliphatic carbocycles. The van der Waals surface area contributed by atoms with E-state index in [1.165, 1.54) is 4.90 Å². The van der Waals surface area contributed by atoms with E-state index in [0.29, 0.717) is 25.7 Å². The van der Waals surface area contributed by atoms with Crippen molar-refractivity contribution in [3.63, 3.8) is 0 Å². The highest BCUT2D eigenvalue weighted by atomic mass is 35.5. The average molecular weight is 533 g/mol. The first-order chi connectivity index (χ1) is 17.9. The number of imide groups is 1. The Balaban J connectivity index is 1.19. The number of rotatable bonds is 7. The molecule has 1 heterocycles. The number of anilines is 1. The number of benzene rings is 3. The van der Waals surface area contributed by atoms with Gasteiger partial charge in [0.25, 0.3) is 0 Å². The number of nitrogens with zero attached hydrogens (tertiary/aromatic N) is 1. The first kappa shape index (κ1) is 24.2. The molecule has 3 aromatic rings. The van der Waals surface area contributed by atoms with Crippen molar-refractivity contribution in [2.45, 2.75) is 35.4 Å². The third kappa shape index (κ3) is 3.48. The molecule has 37 heavy (non-hydrogen) atoms. The van der Waals surface area contributed by atoms with Crippen LogP contribution in [0.2, 0.25) is 0 Å². The van der Waals surface area contributed by atoms with Gasteiger partial charge in [-0.1, -0.05) is 73.2 Å². The molecule has 7 heteroatoms. The highest BCUT2D eigenvalue weighted by Gasteiger charge is 2.72. The smallest absolute Gasteiger partial charge is 0.235 e. The maximum absolute atomic E-state index is 13.8. The van der Waals surface area contributed by atoms with Crippen molar-refractivity contribution in [3.8, 4) is 0 Å². The molecule has 3 amide bonds. The zero-order valence-corrected chi connectivity index (χ0v) is 21.6. The Kier molecular flexibility index (Phi) is 5.89. The number of para-hydroxylation sites is 1. The van der Waals surface area contributed by atoms with Gasteiger partial charge in [0.1, 0.15) is 9.75 Å². The fraction of sp³-hybridized carbons (Fsp3) is 0.300. The molecule has 3 aromatic carbocycles. The Bertz CT molecular complexity index is 1290. The summed E-state index contributed by atoms with van der Waals surface area (Å²) in [5.41, 5.74) is 3.99. The molecule has 2 atom stereocenters. The van der Waals surface area contributed by atoms with Gasteiger partial charge in [0.05, 0.1) is 11.8 Å². The van der Waals surface area contributed by atoms with E-state index in [2.05, 4.69) is 5.32 Å². The highest BCUT2D eigenvalue weighted by Crippen LogP contribution is 2.69. The zero-order chi connectivity index (χ0) is 25.8. The van der Waals surface area contributed by atoms with Gasteiger partial charge in [0.15, 0.2) is 0 Å². The summed E-state index contributed by atoms with van der Waals surface area (Å²) in [5.74, 6) is -2.10. The van der Waals surface area contributed by atoms with E-state index in [9.17, 15) is 14.4 Å². The molecule has 5 nitrogen and oxygen atoms in total. The van der Waals surface area contributed by atoms with Crippen molar-refractivity contribution in [1.29, 1.82) is 0 Å². The van der Waals surface area contributed by atoms with Gasteiger partial charge in [-0.25, -0.2) is 0 Å². The highest BCUT2D eigenvalue weighted by molar-refractivity contribution is 6.36. The van der Waals surface area contributed by atoms with Crippen LogP contribution >= 0.6 is 23.2 Å². The van der Waals surface area contributed by atoms with Crippen LogP contribution in [0.4, 0.5) is 5.69 Å². The minimum atomic E-state index is -1.15. The summed E-state index contributed by atoms with van der Waals surface area (Å²) in [4.78, 5) is 38.8. The van der Waals surface area contributed by atoms with Crippen molar-refractivity contribution in [2.75, 3.05) is 11.9 Å². The van der Waals surface area contributed by atoms with Gasteiger partial charge in [0, 0.05) is 18.7 Å². The second-order valence-corrected chi connectivity index (χ2v) is 11.2. The topological polar surface area (TPSA) is 66.5 Å². The summed E-state index contributed by atoms with van der Waals surface area (Å²) >= 11 is 14.9. The molecule has 188 valence electrons. The van der Waals surface area contributed by atoms with Crippen LogP contribution in [0.1, 0.15) is 47.9 Å². The quantitative estimate of drug-likeness (QED) is 0.238. The van der Waals surface area contributed by atoms with E-state index < -0.39 is 21.6 Å². The first-order valence-corrected chi connectivity index (χ1v) is 13.4. The van der Waals surface area contributed by atoms with Gasteiger partial charge < -0.3 is 5.32 Å². The number of nitrogens with one attached hydrogen (secondary N) is 1. The van der Waals surface area contributed by atoms with Crippen molar-refractivity contribution in [1.82, 2.24) is 4.90 Å². The number of carbonyl (C=O) groups is 3. The number of carbonyl (C=O) groups excluding carboxylic acids is 3. The Hall–Kier alpha value is -3.15. The summed E-state index contributed by atoms with van der Waals surface area (Å²) in [7, 11) is 0. The Morgan fingerprint density at radius 3 is 1.65 bits per heavy atom. The van der Waals surface area contributed by atoms with Crippen LogP contribution in [0, 0.1) is 11.8 Å². The monoisotopic (exact) mass is 532 g/mol. The number of hydrogen-bond donors (Lipinski definition) is 1. The lowest BCUT2D eigenvalue weighted by Gasteiger charge is -2.54. The Morgan fingerprint density at radius 1 is 0.703 bits per heavy atom. The number of amides is 3. The van der Waals surface area contributed by atoms with E-state index in [0.717, 1.165) is 27.9 Å².